The molecule has 0 saturated carbocycles. The lowest BCUT2D eigenvalue weighted by Gasteiger charge is -2.16. The van der Waals surface area contributed by atoms with Crippen molar-refractivity contribution in [3.8, 4) is 0 Å². The molecule has 0 aromatic heterocycles. The third-order valence-corrected chi connectivity index (χ3v) is 4.08. The van der Waals surface area contributed by atoms with E-state index in [1.165, 1.54) is 6.07 Å². The SMILES string of the molecule is Cc1cc(C(O)c2ccc(Cl)cc2Br)c(Cl)cc1F. The van der Waals surface area contributed by atoms with Gasteiger partial charge < -0.3 is 5.11 Å². The Bertz CT molecular complexity index is 631. The fourth-order valence-corrected chi connectivity index (χ4v) is 2.93. The molecule has 0 amide bonds. The van der Waals surface area contributed by atoms with Gasteiger partial charge in [-0.05, 0) is 42.3 Å². The van der Waals surface area contributed by atoms with Crippen molar-refractivity contribution in [2.75, 3.05) is 0 Å². The van der Waals surface area contributed by atoms with Crippen molar-refractivity contribution in [1.29, 1.82) is 0 Å². The lowest BCUT2D eigenvalue weighted by Crippen LogP contribution is -2.03. The van der Waals surface area contributed by atoms with Crippen molar-refractivity contribution in [2.24, 2.45) is 0 Å². The van der Waals surface area contributed by atoms with Crippen LogP contribution in [-0.2, 0) is 0 Å². The Kier molecular flexibility index (Phi) is 4.51. The molecule has 100 valence electrons. The summed E-state index contributed by atoms with van der Waals surface area (Å²) in [5.74, 6) is -0.392. The lowest BCUT2D eigenvalue weighted by molar-refractivity contribution is 0.219. The summed E-state index contributed by atoms with van der Waals surface area (Å²) >= 11 is 15.2. The molecule has 2 aromatic rings. The Morgan fingerprint density at radius 2 is 1.84 bits per heavy atom. The van der Waals surface area contributed by atoms with Gasteiger partial charge in [-0.25, -0.2) is 4.39 Å². The molecule has 1 N–H and O–H groups in total. The van der Waals surface area contributed by atoms with Gasteiger partial charge in [0, 0.05) is 20.1 Å². The molecule has 2 aromatic carbocycles. The highest BCUT2D eigenvalue weighted by atomic mass is 79.9. The summed E-state index contributed by atoms with van der Waals surface area (Å²) in [6, 6.07) is 7.81. The second kappa shape index (κ2) is 5.80. The zero-order valence-electron chi connectivity index (χ0n) is 9.92. The van der Waals surface area contributed by atoms with Crippen LogP contribution in [0, 0.1) is 12.7 Å². The summed E-state index contributed by atoms with van der Waals surface area (Å²) in [6.45, 7) is 1.62. The van der Waals surface area contributed by atoms with Crippen LogP contribution in [0.5, 0.6) is 0 Å². The quantitative estimate of drug-likeness (QED) is 0.768. The summed E-state index contributed by atoms with van der Waals surface area (Å²) < 4.78 is 14.0. The molecule has 0 aliphatic heterocycles. The summed E-state index contributed by atoms with van der Waals surface area (Å²) in [5, 5.41) is 11.1. The summed E-state index contributed by atoms with van der Waals surface area (Å²) in [7, 11) is 0. The van der Waals surface area contributed by atoms with Crippen molar-refractivity contribution < 1.29 is 9.50 Å². The van der Waals surface area contributed by atoms with E-state index in [4.69, 9.17) is 23.2 Å². The van der Waals surface area contributed by atoms with Gasteiger partial charge in [-0.15, -0.1) is 0 Å². The van der Waals surface area contributed by atoms with Crippen molar-refractivity contribution >= 4 is 39.1 Å². The fraction of sp³-hybridized carbons (Fsp3) is 0.143. The van der Waals surface area contributed by atoms with Gasteiger partial charge in [0.15, 0.2) is 0 Å². The molecule has 1 unspecified atom stereocenters. The molecule has 0 aliphatic carbocycles. The maximum atomic E-state index is 13.4. The third kappa shape index (κ3) is 3.11. The second-order valence-electron chi connectivity index (χ2n) is 4.19. The molecule has 0 saturated heterocycles. The first-order chi connectivity index (χ1) is 8.90. The van der Waals surface area contributed by atoms with Gasteiger partial charge >= 0.3 is 0 Å². The summed E-state index contributed by atoms with van der Waals surface area (Å²) in [5.41, 5.74) is 1.52. The molecule has 5 heteroatoms. The van der Waals surface area contributed by atoms with E-state index in [1.54, 1.807) is 31.2 Å². The Balaban J connectivity index is 2.49. The maximum absolute atomic E-state index is 13.4. The number of aliphatic hydroxyl groups excluding tert-OH is 1. The normalized spacial score (nSPS) is 12.5. The number of benzene rings is 2. The van der Waals surface area contributed by atoms with E-state index in [0.29, 0.717) is 26.2 Å². The number of hydrogen-bond acceptors (Lipinski definition) is 1. The van der Waals surface area contributed by atoms with Crippen LogP contribution in [0.15, 0.2) is 34.8 Å². The lowest BCUT2D eigenvalue weighted by atomic mass is 10.00. The molecule has 0 spiro atoms. The fourth-order valence-electron chi connectivity index (χ4n) is 1.78. The van der Waals surface area contributed by atoms with E-state index in [1.807, 2.05) is 0 Å². The molecule has 1 nitrogen and oxygen atoms in total. The van der Waals surface area contributed by atoms with E-state index >= 15 is 0 Å². The first-order valence-electron chi connectivity index (χ1n) is 5.48. The maximum Gasteiger partial charge on any atom is 0.127 e. The Morgan fingerprint density at radius 3 is 2.47 bits per heavy atom. The van der Waals surface area contributed by atoms with Gasteiger partial charge in [-0.1, -0.05) is 45.2 Å². The van der Waals surface area contributed by atoms with Crippen LogP contribution in [0.4, 0.5) is 4.39 Å². The van der Waals surface area contributed by atoms with Crippen LogP contribution in [-0.4, -0.2) is 5.11 Å². The van der Waals surface area contributed by atoms with E-state index in [0.717, 1.165) is 0 Å². The Morgan fingerprint density at radius 1 is 1.16 bits per heavy atom. The van der Waals surface area contributed by atoms with E-state index in [-0.39, 0.29) is 5.02 Å². The largest absolute Gasteiger partial charge is 0.384 e. The van der Waals surface area contributed by atoms with Crippen molar-refractivity contribution in [1.82, 2.24) is 0 Å². The minimum Gasteiger partial charge on any atom is -0.384 e. The molecule has 0 aliphatic rings. The van der Waals surface area contributed by atoms with Gasteiger partial charge in [-0.3, -0.25) is 0 Å². The first-order valence-corrected chi connectivity index (χ1v) is 7.03. The van der Waals surface area contributed by atoms with Gasteiger partial charge in [0.05, 0.1) is 0 Å². The van der Waals surface area contributed by atoms with E-state index in [2.05, 4.69) is 15.9 Å². The summed E-state index contributed by atoms with van der Waals surface area (Å²) in [6.07, 6.45) is -0.946. The zero-order valence-corrected chi connectivity index (χ0v) is 13.0. The Labute approximate surface area is 129 Å². The van der Waals surface area contributed by atoms with Crippen molar-refractivity contribution in [2.45, 2.75) is 13.0 Å². The highest BCUT2D eigenvalue weighted by Crippen LogP contribution is 2.34. The molecular weight excluding hydrogens is 354 g/mol. The number of rotatable bonds is 2. The molecule has 2 rings (SSSR count). The molecule has 19 heavy (non-hydrogen) atoms. The minimum absolute atomic E-state index is 0.192. The molecule has 0 fully saturated rings. The second-order valence-corrected chi connectivity index (χ2v) is 5.89. The van der Waals surface area contributed by atoms with Gasteiger partial charge in [-0.2, -0.15) is 0 Å². The minimum atomic E-state index is -0.946. The highest BCUT2D eigenvalue weighted by molar-refractivity contribution is 9.10. The number of halogens is 4. The summed E-state index contributed by atoms with van der Waals surface area (Å²) in [4.78, 5) is 0. The third-order valence-electron chi connectivity index (χ3n) is 2.83. The van der Waals surface area contributed by atoms with Crippen LogP contribution in [0.1, 0.15) is 22.8 Å². The monoisotopic (exact) mass is 362 g/mol. The number of hydrogen-bond donors (Lipinski definition) is 1. The smallest absolute Gasteiger partial charge is 0.127 e. The predicted octanol–water partition coefficient (Wildman–Crippen LogP) is 5.29. The Hall–Kier alpha value is -0.610. The van der Waals surface area contributed by atoms with Crippen molar-refractivity contribution in [3.05, 3.63) is 67.4 Å². The van der Waals surface area contributed by atoms with Crippen molar-refractivity contribution in [3.63, 3.8) is 0 Å². The zero-order chi connectivity index (χ0) is 14.2. The standard InChI is InChI=1S/C14H10BrCl2FO/c1-7-4-10(12(17)6-13(7)18)14(19)9-3-2-8(16)5-11(9)15/h2-6,14,19H,1H3. The highest BCUT2D eigenvalue weighted by Gasteiger charge is 2.18. The number of aryl methyl sites for hydroxylation is 1. The van der Waals surface area contributed by atoms with Crippen LogP contribution in [0.25, 0.3) is 0 Å². The molecular formula is C14H10BrCl2FO. The topological polar surface area (TPSA) is 20.2 Å². The predicted molar refractivity (Wildman–Crippen MR) is 79.4 cm³/mol. The molecule has 1 atom stereocenters. The van der Waals surface area contributed by atoms with Crippen LogP contribution in [0.2, 0.25) is 10.0 Å². The number of aliphatic hydroxyl groups is 1. The van der Waals surface area contributed by atoms with E-state index in [9.17, 15) is 9.50 Å². The van der Waals surface area contributed by atoms with Gasteiger partial charge in [0.25, 0.3) is 0 Å². The van der Waals surface area contributed by atoms with Gasteiger partial charge in [0.2, 0.25) is 0 Å². The average Bonchev–Trinajstić information content (AvgIpc) is 2.33. The van der Waals surface area contributed by atoms with Crippen LogP contribution < -0.4 is 0 Å². The van der Waals surface area contributed by atoms with Gasteiger partial charge in [0.1, 0.15) is 11.9 Å². The van der Waals surface area contributed by atoms with Crippen LogP contribution in [0.3, 0.4) is 0 Å². The average molecular weight is 364 g/mol. The van der Waals surface area contributed by atoms with Crippen LogP contribution >= 0.6 is 39.1 Å². The molecule has 0 heterocycles. The van der Waals surface area contributed by atoms with E-state index < -0.39 is 11.9 Å². The molecule has 0 radical (unpaired) electrons. The molecule has 0 bridgehead atoms. The first kappa shape index (κ1) is 14.8.